The molecule has 4 N–H and O–H groups in total. The third-order valence-corrected chi connectivity index (χ3v) is 2.04. The maximum Gasteiger partial charge on any atom is 0.252 e. The second kappa shape index (κ2) is 6.07. The van der Waals surface area contributed by atoms with Gasteiger partial charge in [-0.1, -0.05) is 13.8 Å². The number of anilines is 1. The highest BCUT2D eigenvalue weighted by molar-refractivity contribution is 5.97. The minimum atomic E-state index is -0.465. The van der Waals surface area contributed by atoms with E-state index < -0.39 is 5.91 Å². The molecule has 0 spiro atoms. The number of pyridine rings is 1. The van der Waals surface area contributed by atoms with Gasteiger partial charge in [0.25, 0.3) is 5.91 Å². The molecule has 5 heteroatoms. The Morgan fingerprint density at radius 2 is 2.25 bits per heavy atom. The summed E-state index contributed by atoms with van der Waals surface area (Å²) in [5.41, 5.74) is 5.66. The first kappa shape index (κ1) is 12.4. The lowest BCUT2D eigenvalue weighted by Crippen LogP contribution is -2.29. The van der Waals surface area contributed by atoms with Crippen molar-refractivity contribution in [2.24, 2.45) is 5.73 Å². The highest BCUT2D eigenvalue weighted by Crippen LogP contribution is 2.09. The van der Waals surface area contributed by atoms with Crippen LogP contribution in [0.2, 0.25) is 0 Å². The van der Waals surface area contributed by atoms with E-state index in [0.29, 0.717) is 24.0 Å². The fourth-order valence-electron chi connectivity index (χ4n) is 1.29. The Hall–Kier alpha value is -1.62. The van der Waals surface area contributed by atoms with Crippen LogP contribution in [0.15, 0.2) is 18.3 Å². The highest BCUT2D eigenvalue weighted by atomic mass is 16.1. The van der Waals surface area contributed by atoms with Gasteiger partial charge in [0, 0.05) is 25.3 Å². The van der Waals surface area contributed by atoms with Crippen molar-refractivity contribution < 1.29 is 4.79 Å². The minimum absolute atomic E-state index is 0.423. The molecule has 0 radical (unpaired) electrons. The number of primary amides is 1. The Labute approximate surface area is 95.4 Å². The molecule has 1 heterocycles. The van der Waals surface area contributed by atoms with Gasteiger partial charge in [-0.15, -0.1) is 0 Å². The van der Waals surface area contributed by atoms with Gasteiger partial charge in [-0.3, -0.25) is 4.79 Å². The number of rotatable bonds is 6. The first-order valence-corrected chi connectivity index (χ1v) is 5.33. The van der Waals surface area contributed by atoms with Crippen LogP contribution in [0.4, 0.5) is 5.82 Å². The summed E-state index contributed by atoms with van der Waals surface area (Å²) in [6, 6.07) is 3.80. The number of nitrogens with zero attached hydrogens (tertiary/aromatic N) is 1. The second-order valence-electron chi connectivity index (χ2n) is 3.80. The third-order valence-electron chi connectivity index (χ3n) is 2.04. The largest absolute Gasteiger partial charge is 0.368 e. The van der Waals surface area contributed by atoms with Gasteiger partial charge in [-0.25, -0.2) is 4.98 Å². The molecule has 0 aliphatic carbocycles. The smallest absolute Gasteiger partial charge is 0.252 e. The van der Waals surface area contributed by atoms with Crippen LogP contribution in [0.5, 0.6) is 0 Å². The molecule has 0 bridgehead atoms. The molecule has 0 aliphatic rings. The summed E-state index contributed by atoms with van der Waals surface area (Å²) >= 11 is 0. The van der Waals surface area contributed by atoms with Gasteiger partial charge in [0.05, 0.1) is 5.56 Å². The molecular weight excluding hydrogens is 204 g/mol. The van der Waals surface area contributed by atoms with Crippen molar-refractivity contribution in [1.82, 2.24) is 10.3 Å². The van der Waals surface area contributed by atoms with Crippen molar-refractivity contribution in [3.63, 3.8) is 0 Å². The van der Waals surface area contributed by atoms with Gasteiger partial charge < -0.3 is 16.4 Å². The number of hydrogen-bond acceptors (Lipinski definition) is 4. The molecule has 0 saturated carbocycles. The number of hydrogen-bond donors (Lipinski definition) is 3. The Morgan fingerprint density at radius 1 is 1.50 bits per heavy atom. The molecule has 1 aromatic heterocycles. The van der Waals surface area contributed by atoms with Gasteiger partial charge in [0.15, 0.2) is 0 Å². The first-order chi connectivity index (χ1) is 7.61. The topological polar surface area (TPSA) is 80.0 Å². The fourth-order valence-corrected chi connectivity index (χ4v) is 1.29. The molecule has 1 rings (SSSR count). The summed E-state index contributed by atoms with van der Waals surface area (Å²) < 4.78 is 0. The Kier molecular flexibility index (Phi) is 4.72. The van der Waals surface area contributed by atoms with E-state index in [9.17, 15) is 4.79 Å². The lowest BCUT2D eigenvalue weighted by atomic mass is 10.2. The summed E-state index contributed by atoms with van der Waals surface area (Å²) in [5, 5.41) is 6.33. The van der Waals surface area contributed by atoms with Gasteiger partial charge in [-0.05, 0) is 12.1 Å². The highest BCUT2D eigenvalue weighted by Gasteiger charge is 2.07. The Bertz CT molecular complexity index is 352. The van der Waals surface area contributed by atoms with E-state index in [1.54, 1.807) is 18.3 Å². The number of amides is 1. The molecule has 0 unspecified atom stereocenters. The van der Waals surface area contributed by atoms with Crippen LogP contribution in [-0.2, 0) is 0 Å². The van der Waals surface area contributed by atoms with E-state index in [-0.39, 0.29) is 0 Å². The standard InChI is InChI=1S/C11H18N4O/c1-8(2)13-6-7-15-11-9(10(12)16)4-3-5-14-11/h3-5,8,13H,6-7H2,1-2H3,(H2,12,16)(H,14,15). The average Bonchev–Trinajstić information content (AvgIpc) is 2.24. The molecule has 0 saturated heterocycles. The van der Waals surface area contributed by atoms with E-state index >= 15 is 0 Å². The Morgan fingerprint density at radius 3 is 2.88 bits per heavy atom. The van der Waals surface area contributed by atoms with Gasteiger partial charge in [-0.2, -0.15) is 0 Å². The molecule has 1 aromatic rings. The molecule has 1 amide bonds. The predicted molar refractivity (Wildman–Crippen MR) is 64.4 cm³/mol. The van der Waals surface area contributed by atoms with Gasteiger partial charge in [0.1, 0.15) is 5.82 Å². The van der Waals surface area contributed by atoms with Crippen LogP contribution < -0.4 is 16.4 Å². The quantitative estimate of drug-likeness (QED) is 0.615. The molecule has 0 aliphatic heterocycles. The normalized spacial score (nSPS) is 10.4. The number of aromatic nitrogens is 1. The minimum Gasteiger partial charge on any atom is -0.368 e. The monoisotopic (exact) mass is 222 g/mol. The zero-order chi connectivity index (χ0) is 12.0. The van der Waals surface area contributed by atoms with Crippen molar-refractivity contribution in [2.75, 3.05) is 18.4 Å². The molecule has 88 valence electrons. The molecule has 0 aromatic carbocycles. The molecule has 0 atom stereocenters. The molecule has 5 nitrogen and oxygen atoms in total. The van der Waals surface area contributed by atoms with Crippen LogP contribution in [0, 0.1) is 0 Å². The SMILES string of the molecule is CC(C)NCCNc1ncccc1C(N)=O. The molecular formula is C11H18N4O. The summed E-state index contributed by atoms with van der Waals surface area (Å²) in [7, 11) is 0. The summed E-state index contributed by atoms with van der Waals surface area (Å²) in [6.45, 7) is 5.67. The van der Waals surface area contributed by atoms with E-state index in [2.05, 4.69) is 29.5 Å². The van der Waals surface area contributed by atoms with Gasteiger partial charge >= 0.3 is 0 Å². The predicted octanol–water partition coefficient (Wildman–Crippen LogP) is 0.590. The van der Waals surface area contributed by atoms with Gasteiger partial charge in [0.2, 0.25) is 0 Å². The third kappa shape index (κ3) is 3.86. The van der Waals surface area contributed by atoms with Crippen molar-refractivity contribution in [1.29, 1.82) is 0 Å². The van der Waals surface area contributed by atoms with Crippen LogP contribution in [0.1, 0.15) is 24.2 Å². The maximum absolute atomic E-state index is 11.1. The summed E-state index contributed by atoms with van der Waals surface area (Å²) in [4.78, 5) is 15.2. The number of nitrogens with two attached hydrogens (primary N) is 1. The van der Waals surface area contributed by atoms with Crippen molar-refractivity contribution in [2.45, 2.75) is 19.9 Å². The van der Waals surface area contributed by atoms with Crippen LogP contribution in [-0.4, -0.2) is 30.0 Å². The Balaban J connectivity index is 2.50. The first-order valence-electron chi connectivity index (χ1n) is 5.33. The number of carbonyl (C=O) groups is 1. The molecule has 0 fully saturated rings. The zero-order valence-electron chi connectivity index (χ0n) is 9.66. The van der Waals surface area contributed by atoms with E-state index in [4.69, 9.17) is 5.73 Å². The van der Waals surface area contributed by atoms with Crippen molar-refractivity contribution >= 4 is 11.7 Å². The maximum atomic E-state index is 11.1. The van der Waals surface area contributed by atoms with Crippen LogP contribution >= 0.6 is 0 Å². The summed E-state index contributed by atoms with van der Waals surface area (Å²) in [5.74, 6) is 0.0768. The van der Waals surface area contributed by atoms with Crippen molar-refractivity contribution in [3.05, 3.63) is 23.9 Å². The van der Waals surface area contributed by atoms with E-state index in [0.717, 1.165) is 6.54 Å². The fraction of sp³-hybridized carbons (Fsp3) is 0.455. The average molecular weight is 222 g/mol. The van der Waals surface area contributed by atoms with E-state index in [1.807, 2.05) is 0 Å². The summed E-state index contributed by atoms with van der Waals surface area (Å²) in [6.07, 6.45) is 1.63. The second-order valence-corrected chi connectivity index (χ2v) is 3.80. The van der Waals surface area contributed by atoms with E-state index in [1.165, 1.54) is 0 Å². The van der Waals surface area contributed by atoms with Crippen LogP contribution in [0.3, 0.4) is 0 Å². The lowest BCUT2D eigenvalue weighted by molar-refractivity contribution is 0.100. The molecule has 16 heavy (non-hydrogen) atoms. The number of carbonyl (C=O) groups excluding carboxylic acids is 1. The zero-order valence-corrected chi connectivity index (χ0v) is 9.66. The van der Waals surface area contributed by atoms with Crippen LogP contribution in [0.25, 0.3) is 0 Å². The number of nitrogens with one attached hydrogen (secondary N) is 2. The lowest BCUT2D eigenvalue weighted by Gasteiger charge is -2.10. The van der Waals surface area contributed by atoms with Crippen molar-refractivity contribution in [3.8, 4) is 0 Å².